The van der Waals surface area contributed by atoms with Crippen LogP contribution in [0.25, 0.3) is 0 Å². The molecule has 0 aliphatic carbocycles. The van der Waals surface area contributed by atoms with Gasteiger partial charge in [-0.25, -0.2) is 9.59 Å². The van der Waals surface area contributed by atoms with Gasteiger partial charge in [-0.3, -0.25) is 9.69 Å². The third kappa shape index (κ3) is 5.45. The number of amides is 3. The molecule has 0 spiro atoms. The Morgan fingerprint density at radius 2 is 1.92 bits per heavy atom. The molecule has 26 heavy (non-hydrogen) atoms. The first kappa shape index (κ1) is 19.7. The van der Waals surface area contributed by atoms with E-state index in [2.05, 4.69) is 10.1 Å². The predicted octanol–water partition coefficient (Wildman–Crippen LogP) is 1.86. The van der Waals surface area contributed by atoms with Crippen molar-refractivity contribution in [1.82, 2.24) is 10.2 Å². The minimum absolute atomic E-state index is 0.120. The van der Waals surface area contributed by atoms with E-state index >= 15 is 0 Å². The van der Waals surface area contributed by atoms with Gasteiger partial charge in [0.05, 0.1) is 12.2 Å². The van der Waals surface area contributed by atoms with Crippen LogP contribution in [-0.4, -0.2) is 54.8 Å². The third-order valence-electron chi connectivity index (χ3n) is 3.48. The molecule has 1 aliphatic rings. The number of imide groups is 1. The summed E-state index contributed by atoms with van der Waals surface area (Å²) in [6, 6.07) is 5.02. The second kappa shape index (κ2) is 8.17. The Balaban J connectivity index is 1.87. The lowest BCUT2D eigenvalue weighted by Crippen LogP contribution is -2.41. The number of rotatable bonds is 6. The molecule has 142 valence electrons. The van der Waals surface area contributed by atoms with Gasteiger partial charge < -0.3 is 14.8 Å². The molecule has 1 aromatic carbocycles. The summed E-state index contributed by atoms with van der Waals surface area (Å²) < 4.78 is 45.6. The van der Waals surface area contributed by atoms with Crippen LogP contribution in [-0.2, 0) is 20.9 Å². The lowest BCUT2D eigenvalue weighted by atomic mass is 10.1. The van der Waals surface area contributed by atoms with E-state index in [0.717, 1.165) is 4.90 Å². The summed E-state index contributed by atoms with van der Waals surface area (Å²) in [5.41, 5.74) is 0.568. The van der Waals surface area contributed by atoms with Crippen LogP contribution in [0.5, 0.6) is 0 Å². The molecule has 1 saturated heterocycles. The molecule has 10 heteroatoms. The number of alkyl halides is 3. The minimum atomic E-state index is -4.40. The van der Waals surface area contributed by atoms with Gasteiger partial charge in [-0.15, -0.1) is 0 Å². The maximum absolute atomic E-state index is 12.1. The highest BCUT2D eigenvalue weighted by Gasteiger charge is 2.31. The van der Waals surface area contributed by atoms with E-state index in [0.29, 0.717) is 12.1 Å². The van der Waals surface area contributed by atoms with Gasteiger partial charge in [-0.1, -0.05) is 12.1 Å². The van der Waals surface area contributed by atoms with Gasteiger partial charge in [0.1, 0.15) is 6.61 Å². The Labute approximate surface area is 147 Å². The first-order valence-corrected chi connectivity index (χ1v) is 7.71. The van der Waals surface area contributed by atoms with Gasteiger partial charge in [-0.2, -0.15) is 13.2 Å². The van der Waals surface area contributed by atoms with Crippen LogP contribution in [0.15, 0.2) is 24.3 Å². The van der Waals surface area contributed by atoms with Gasteiger partial charge in [0, 0.05) is 13.1 Å². The fourth-order valence-corrected chi connectivity index (χ4v) is 2.20. The monoisotopic (exact) mass is 374 g/mol. The van der Waals surface area contributed by atoms with E-state index in [1.807, 2.05) is 0 Å². The first-order chi connectivity index (χ1) is 12.2. The van der Waals surface area contributed by atoms with Crippen LogP contribution >= 0.6 is 0 Å². The highest BCUT2D eigenvalue weighted by atomic mass is 19.4. The SMILES string of the molecule is C[C@@H](OC(=O)c1ccc(COCC(F)(F)F)cc1)C(=O)N1CCNC1=O. The van der Waals surface area contributed by atoms with Crippen molar-refractivity contribution in [3.05, 3.63) is 35.4 Å². The molecular weight excluding hydrogens is 357 g/mol. The molecule has 0 saturated carbocycles. The van der Waals surface area contributed by atoms with E-state index in [1.54, 1.807) is 0 Å². The van der Waals surface area contributed by atoms with Crippen LogP contribution in [0.3, 0.4) is 0 Å². The first-order valence-electron chi connectivity index (χ1n) is 7.71. The Bertz CT molecular complexity index is 675. The van der Waals surface area contributed by atoms with Crippen molar-refractivity contribution < 1.29 is 37.0 Å². The lowest BCUT2D eigenvalue weighted by Gasteiger charge is -2.18. The predicted molar refractivity (Wildman–Crippen MR) is 82.1 cm³/mol. The van der Waals surface area contributed by atoms with Crippen molar-refractivity contribution in [1.29, 1.82) is 0 Å². The van der Waals surface area contributed by atoms with Crippen LogP contribution < -0.4 is 5.32 Å². The lowest BCUT2D eigenvalue weighted by molar-refractivity contribution is -0.176. The van der Waals surface area contributed by atoms with Gasteiger partial charge in [-0.05, 0) is 24.6 Å². The minimum Gasteiger partial charge on any atom is -0.449 e. The molecule has 1 N–H and O–H groups in total. The van der Waals surface area contributed by atoms with Gasteiger partial charge in [0.2, 0.25) is 0 Å². The molecule has 3 amide bonds. The number of carbonyl (C=O) groups excluding carboxylic acids is 3. The summed E-state index contributed by atoms with van der Waals surface area (Å²) in [7, 11) is 0. The summed E-state index contributed by atoms with van der Waals surface area (Å²) >= 11 is 0. The van der Waals surface area contributed by atoms with Crippen molar-refractivity contribution in [2.75, 3.05) is 19.7 Å². The number of esters is 1. The molecule has 7 nitrogen and oxygen atoms in total. The molecule has 1 aromatic rings. The molecule has 0 radical (unpaired) electrons. The quantitative estimate of drug-likeness (QED) is 0.769. The number of halogens is 3. The topological polar surface area (TPSA) is 84.9 Å². The molecule has 0 aromatic heterocycles. The fourth-order valence-electron chi connectivity index (χ4n) is 2.20. The van der Waals surface area contributed by atoms with Crippen molar-refractivity contribution in [2.45, 2.75) is 25.8 Å². The average molecular weight is 374 g/mol. The molecule has 0 unspecified atom stereocenters. The summed E-state index contributed by atoms with van der Waals surface area (Å²) in [4.78, 5) is 36.5. The number of nitrogens with zero attached hydrogens (tertiary/aromatic N) is 1. The second-order valence-electron chi connectivity index (χ2n) is 5.57. The van der Waals surface area contributed by atoms with E-state index in [-0.39, 0.29) is 18.7 Å². The van der Waals surface area contributed by atoms with Gasteiger partial charge in [0.15, 0.2) is 6.10 Å². The summed E-state index contributed by atoms with van der Waals surface area (Å²) in [5, 5.41) is 2.47. The zero-order valence-corrected chi connectivity index (χ0v) is 13.8. The Hall–Kier alpha value is -2.62. The largest absolute Gasteiger partial charge is 0.449 e. The normalized spacial score (nSPS) is 15.5. The number of hydrogen-bond donors (Lipinski definition) is 1. The third-order valence-corrected chi connectivity index (χ3v) is 3.48. The van der Waals surface area contributed by atoms with Gasteiger partial charge >= 0.3 is 18.2 Å². The van der Waals surface area contributed by atoms with Crippen LogP contribution in [0, 0.1) is 0 Å². The van der Waals surface area contributed by atoms with Crippen LogP contribution in [0.2, 0.25) is 0 Å². The molecule has 1 aliphatic heterocycles. The number of nitrogens with one attached hydrogen (secondary N) is 1. The van der Waals surface area contributed by atoms with E-state index < -0.39 is 36.8 Å². The smallest absolute Gasteiger partial charge is 0.411 e. The summed E-state index contributed by atoms with van der Waals surface area (Å²) in [6.07, 6.45) is -5.56. The Kier molecular flexibility index (Phi) is 6.19. The van der Waals surface area contributed by atoms with Crippen LogP contribution in [0.4, 0.5) is 18.0 Å². The van der Waals surface area contributed by atoms with E-state index in [9.17, 15) is 27.6 Å². The van der Waals surface area contributed by atoms with Crippen molar-refractivity contribution in [2.24, 2.45) is 0 Å². The molecule has 1 fully saturated rings. The Morgan fingerprint density at radius 1 is 1.27 bits per heavy atom. The van der Waals surface area contributed by atoms with E-state index in [1.165, 1.54) is 31.2 Å². The number of carbonyl (C=O) groups is 3. The number of hydrogen-bond acceptors (Lipinski definition) is 5. The maximum atomic E-state index is 12.1. The number of ether oxygens (including phenoxy) is 2. The average Bonchev–Trinajstić information content (AvgIpc) is 2.99. The van der Waals surface area contributed by atoms with E-state index in [4.69, 9.17) is 4.74 Å². The second-order valence-corrected chi connectivity index (χ2v) is 5.57. The standard InChI is InChI=1S/C16H17F3N2O5/c1-10(13(22)21-7-6-20-15(21)24)26-14(23)12-4-2-11(3-5-12)8-25-9-16(17,18)19/h2-5,10H,6-9H2,1H3,(H,20,24)/t10-/m1/s1. The molecule has 1 atom stereocenters. The highest BCUT2D eigenvalue weighted by Crippen LogP contribution is 2.16. The molecule has 1 heterocycles. The molecular formula is C16H17F3N2O5. The summed E-state index contributed by atoms with van der Waals surface area (Å²) in [5.74, 6) is -1.42. The zero-order valence-electron chi connectivity index (χ0n) is 13.8. The Morgan fingerprint density at radius 3 is 2.46 bits per heavy atom. The van der Waals surface area contributed by atoms with Crippen LogP contribution in [0.1, 0.15) is 22.8 Å². The number of benzene rings is 1. The molecule has 0 bridgehead atoms. The highest BCUT2D eigenvalue weighted by molar-refractivity contribution is 5.99. The maximum Gasteiger partial charge on any atom is 0.411 e. The van der Waals surface area contributed by atoms with Crippen molar-refractivity contribution in [3.8, 4) is 0 Å². The summed E-state index contributed by atoms with van der Waals surface area (Å²) in [6.45, 7) is 0.273. The van der Waals surface area contributed by atoms with Gasteiger partial charge in [0.25, 0.3) is 5.91 Å². The van der Waals surface area contributed by atoms with Crippen molar-refractivity contribution >= 4 is 17.9 Å². The number of urea groups is 1. The van der Waals surface area contributed by atoms with Crippen molar-refractivity contribution in [3.63, 3.8) is 0 Å². The zero-order chi connectivity index (χ0) is 19.3. The fraction of sp³-hybridized carbons (Fsp3) is 0.438. The molecule has 2 rings (SSSR count).